The lowest BCUT2D eigenvalue weighted by atomic mass is 9.95. The molecule has 36 heavy (non-hydrogen) atoms. The number of carbonyl (C=O) groups is 1. The number of ether oxygens (including phenoxy) is 1. The second kappa shape index (κ2) is 11.0. The molecular formula is C27H36ClN5O3. The summed E-state index contributed by atoms with van der Waals surface area (Å²) in [6.07, 6.45) is 3.70. The molecule has 1 unspecified atom stereocenters. The molecule has 194 valence electrons. The number of piperazine rings is 1. The molecule has 9 heteroatoms. The standard InChI is InChI=1S/C27H36ClN5O3/c1-18-15-23(34)25-24(18)26(30-17-29-25)32-9-11-33(12-10-32)27(35)22(19-3-5-20(28)6-4-19)16-31(2)21-7-13-36-14-8-21/h3-6,17-18,21-23,34H,7-16H2,1-2H3/t18-,22?,23+/m1/s1. The van der Waals surface area contributed by atoms with Crippen LogP contribution in [0.3, 0.4) is 0 Å². The van der Waals surface area contributed by atoms with Gasteiger partial charge in [-0.15, -0.1) is 0 Å². The van der Waals surface area contributed by atoms with Gasteiger partial charge in [0.15, 0.2) is 0 Å². The lowest BCUT2D eigenvalue weighted by Gasteiger charge is -2.39. The molecule has 2 saturated heterocycles. The summed E-state index contributed by atoms with van der Waals surface area (Å²) in [4.78, 5) is 29.4. The summed E-state index contributed by atoms with van der Waals surface area (Å²) in [5.74, 6) is 1.04. The number of hydrogen-bond acceptors (Lipinski definition) is 7. The van der Waals surface area contributed by atoms with Crippen LogP contribution in [0.25, 0.3) is 0 Å². The average molecular weight is 514 g/mol. The highest BCUT2D eigenvalue weighted by molar-refractivity contribution is 6.30. The molecule has 8 nitrogen and oxygen atoms in total. The van der Waals surface area contributed by atoms with Gasteiger partial charge in [0, 0.05) is 62.6 Å². The van der Waals surface area contributed by atoms with Crippen molar-refractivity contribution in [3.05, 3.63) is 52.4 Å². The van der Waals surface area contributed by atoms with Gasteiger partial charge in [-0.1, -0.05) is 30.7 Å². The van der Waals surface area contributed by atoms with E-state index in [2.05, 4.69) is 33.7 Å². The number of anilines is 1. The van der Waals surface area contributed by atoms with E-state index in [1.165, 1.54) is 0 Å². The van der Waals surface area contributed by atoms with Crippen LogP contribution in [0.4, 0.5) is 5.82 Å². The van der Waals surface area contributed by atoms with E-state index in [4.69, 9.17) is 16.3 Å². The number of halogens is 1. The molecule has 0 bridgehead atoms. The van der Waals surface area contributed by atoms with Crippen molar-refractivity contribution in [3.8, 4) is 0 Å². The number of aromatic nitrogens is 2. The predicted octanol–water partition coefficient (Wildman–Crippen LogP) is 3.21. The van der Waals surface area contributed by atoms with Gasteiger partial charge in [-0.05, 0) is 49.9 Å². The minimum atomic E-state index is -0.521. The van der Waals surface area contributed by atoms with Crippen molar-refractivity contribution in [2.45, 2.75) is 50.2 Å². The van der Waals surface area contributed by atoms with Gasteiger partial charge < -0.3 is 24.5 Å². The first kappa shape index (κ1) is 25.4. The Kier molecular flexibility index (Phi) is 7.76. The van der Waals surface area contributed by atoms with Crippen LogP contribution in [-0.4, -0.2) is 89.8 Å². The van der Waals surface area contributed by atoms with Crippen LogP contribution >= 0.6 is 11.6 Å². The number of carbonyl (C=O) groups excluding carboxylic acids is 1. The summed E-state index contributed by atoms with van der Waals surface area (Å²) >= 11 is 6.15. The maximum atomic E-state index is 13.9. The Morgan fingerprint density at radius 2 is 1.86 bits per heavy atom. The van der Waals surface area contributed by atoms with Gasteiger partial charge >= 0.3 is 0 Å². The van der Waals surface area contributed by atoms with Gasteiger partial charge in [0.25, 0.3) is 0 Å². The lowest BCUT2D eigenvalue weighted by molar-refractivity contribution is -0.133. The molecule has 1 aliphatic carbocycles. The van der Waals surface area contributed by atoms with E-state index in [0.29, 0.717) is 50.2 Å². The van der Waals surface area contributed by atoms with Gasteiger partial charge in [0.2, 0.25) is 5.91 Å². The zero-order chi connectivity index (χ0) is 25.2. The predicted molar refractivity (Wildman–Crippen MR) is 139 cm³/mol. The minimum Gasteiger partial charge on any atom is -0.387 e. The van der Waals surface area contributed by atoms with Crippen LogP contribution in [0.5, 0.6) is 0 Å². The molecule has 2 aromatic rings. The van der Waals surface area contributed by atoms with Gasteiger partial charge in [-0.3, -0.25) is 4.79 Å². The monoisotopic (exact) mass is 513 g/mol. The highest BCUT2D eigenvalue weighted by atomic mass is 35.5. The first-order valence-electron chi connectivity index (χ1n) is 13.0. The summed E-state index contributed by atoms with van der Waals surface area (Å²) in [5.41, 5.74) is 2.81. The Morgan fingerprint density at radius 1 is 1.17 bits per heavy atom. The number of fused-ring (bicyclic) bond motifs is 1. The Hall–Kier alpha value is -2.26. The van der Waals surface area contributed by atoms with Crippen molar-refractivity contribution in [2.75, 3.05) is 57.9 Å². The number of amides is 1. The van der Waals surface area contributed by atoms with E-state index in [1.54, 1.807) is 6.33 Å². The molecule has 3 atom stereocenters. The summed E-state index contributed by atoms with van der Waals surface area (Å²) in [6, 6.07) is 8.13. The molecule has 0 radical (unpaired) electrons. The van der Waals surface area contributed by atoms with Crippen LogP contribution in [0, 0.1) is 0 Å². The highest BCUT2D eigenvalue weighted by Gasteiger charge is 2.35. The molecule has 1 aromatic carbocycles. The molecule has 5 rings (SSSR count). The van der Waals surface area contributed by atoms with Crippen molar-refractivity contribution >= 4 is 23.3 Å². The van der Waals surface area contributed by atoms with Crippen LogP contribution in [-0.2, 0) is 9.53 Å². The second-order valence-electron chi connectivity index (χ2n) is 10.3. The van der Waals surface area contributed by atoms with E-state index in [-0.39, 0.29) is 17.7 Å². The highest BCUT2D eigenvalue weighted by Crippen LogP contribution is 2.42. The Morgan fingerprint density at radius 3 is 2.56 bits per heavy atom. The van der Waals surface area contributed by atoms with Crippen molar-refractivity contribution < 1.29 is 14.6 Å². The fourth-order valence-electron chi connectivity index (χ4n) is 5.90. The summed E-state index contributed by atoms with van der Waals surface area (Å²) in [5, 5.41) is 11.0. The van der Waals surface area contributed by atoms with Crippen LogP contribution in [0.15, 0.2) is 30.6 Å². The van der Waals surface area contributed by atoms with Gasteiger partial charge in [0.05, 0.1) is 17.7 Å². The van der Waals surface area contributed by atoms with Crippen LogP contribution < -0.4 is 4.90 Å². The van der Waals surface area contributed by atoms with E-state index in [1.807, 2.05) is 29.2 Å². The summed E-state index contributed by atoms with van der Waals surface area (Å²) < 4.78 is 5.54. The van der Waals surface area contributed by atoms with E-state index in [0.717, 1.165) is 48.7 Å². The Balaban J connectivity index is 1.30. The summed E-state index contributed by atoms with van der Waals surface area (Å²) in [7, 11) is 2.12. The van der Waals surface area contributed by atoms with Crippen molar-refractivity contribution in [1.82, 2.24) is 19.8 Å². The van der Waals surface area contributed by atoms with Gasteiger partial charge in [-0.2, -0.15) is 0 Å². The number of benzene rings is 1. The third kappa shape index (κ3) is 5.23. The third-order valence-electron chi connectivity index (χ3n) is 8.03. The second-order valence-corrected chi connectivity index (χ2v) is 10.8. The maximum Gasteiger partial charge on any atom is 0.231 e. The molecule has 1 N–H and O–H groups in total. The third-order valence-corrected chi connectivity index (χ3v) is 8.28. The number of aliphatic hydroxyl groups is 1. The Labute approximate surface area is 218 Å². The molecule has 3 aliphatic rings. The zero-order valence-corrected chi connectivity index (χ0v) is 21.9. The van der Waals surface area contributed by atoms with Gasteiger partial charge in [-0.25, -0.2) is 9.97 Å². The van der Waals surface area contributed by atoms with Crippen molar-refractivity contribution in [1.29, 1.82) is 0 Å². The fourth-order valence-corrected chi connectivity index (χ4v) is 6.02. The number of nitrogens with zero attached hydrogens (tertiary/aromatic N) is 5. The Bertz CT molecular complexity index is 1050. The quantitative estimate of drug-likeness (QED) is 0.635. The molecule has 0 spiro atoms. The largest absolute Gasteiger partial charge is 0.387 e. The zero-order valence-electron chi connectivity index (χ0n) is 21.1. The fraction of sp³-hybridized carbons (Fsp3) is 0.593. The van der Waals surface area contributed by atoms with E-state index >= 15 is 0 Å². The smallest absolute Gasteiger partial charge is 0.231 e. The molecule has 0 saturated carbocycles. The molecule has 2 aliphatic heterocycles. The first-order chi connectivity index (χ1) is 17.4. The molecule has 3 heterocycles. The number of hydrogen-bond donors (Lipinski definition) is 1. The molecule has 2 fully saturated rings. The molecule has 1 amide bonds. The maximum absolute atomic E-state index is 13.9. The number of rotatable bonds is 6. The molecule has 1 aromatic heterocycles. The van der Waals surface area contributed by atoms with Crippen molar-refractivity contribution in [2.24, 2.45) is 0 Å². The SMILES string of the molecule is C[C@@H]1C[C@H](O)c2ncnc(N3CCN(C(=O)C(CN(C)C4CCOCC4)c4ccc(Cl)cc4)CC3)c21. The first-order valence-corrected chi connectivity index (χ1v) is 13.4. The van der Waals surface area contributed by atoms with E-state index < -0.39 is 6.10 Å². The van der Waals surface area contributed by atoms with E-state index in [9.17, 15) is 9.90 Å². The van der Waals surface area contributed by atoms with Gasteiger partial charge in [0.1, 0.15) is 12.1 Å². The van der Waals surface area contributed by atoms with Crippen LogP contribution in [0.1, 0.15) is 60.9 Å². The minimum absolute atomic E-state index is 0.160. The number of aliphatic hydroxyl groups excluding tert-OH is 1. The number of likely N-dealkylation sites (N-methyl/N-ethyl adjacent to an activating group) is 1. The topological polar surface area (TPSA) is 82.0 Å². The lowest BCUT2D eigenvalue weighted by Crippen LogP contribution is -2.52. The summed E-state index contributed by atoms with van der Waals surface area (Å²) in [6.45, 7) is 7.03. The average Bonchev–Trinajstić information content (AvgIpc) is 3.21. The normalized spacial score (nSPS) is 23.7. The van der Waals surface area contributed by atoms with Crippen LogP contribution in [0.2, 0.25) is 5.02 Å². The molecular weight excluding hydrogens is 478 g/mol. The van der Waals surface area contributed by atoms with Crippen molar-refractivity contribution in [3.63, 3.8) is 0 Å².